The summed E-state index contributed by atoms with van der Waals surface area (Å²) in [5.74, 6) is -0.685. The number of fused-ring (bicyclic) bond motifs is 1. The van der Waals surface area contributed by atoms with Gasteiger partial charge in [-0.25, -0.2) is 0 Å². The first-order chi connectivity index (χ1) is 15.9. The fraction of sp³-hybridized carbons (Fsp3) is 0.560. The van der Waals surface area contributed by atoms with Gasteiger partial charge in [-0.05, 0) is 69.5 Å². The van der Waals surface area contributed by atoms with Crippen molar-refractivity contribution >= 4 is 28.6 Å². The number of carboxylic acids is 1. The summed E-state index contributed by atoms with van der Waals surface area (Å²) in [6.07, 6.45) is 6.24. The van der Waals surface area contributed by atoms with Crippen LogP contribution in [0.25, 0.3) is 10.9 Å². The van der Waals surface area contributed by atoms with E-state index in [1.807, 2.05) is 28.0 Å². The number of carboxylic acid groups (broad SMARTS) is 1. The molecule has 2 fully saturated rings. The number of benzene rings is 1. The molecular weight excluding hydrogens is 418 g/mol. The second-order valence-electron chi connectivity index (χ2n) is 9.31. The highest BCUT2D eigenvalue weighted by atomic mass is 16.4. The third-order valence-electron chi connectivity index (χ3n) is 7.29. The number of rotatable bonds is 8. The number of nitrogens with zero attached hydrogens (tertiary/aromatic N) is 3. The Hall–Kier alpha value is -2.87. The number of nitrogen functional groups attached to an aromatic ring is 1. The number of aliphatic carboxylic acids is 1. The van der Waals surface area contributed by atoms with E-state index in [0.717, 1.165) is 68.1 Å². The number of piperidine rings is 1. The largest absolute Gasteiger partial charge is 0.480 e. The van der Waals surface area contributed by atoms with Gasteiger partial charge in [-0.2, -0.15) is 0 Å². The van der Waals surface area contributed by atoms with Crippen molar-refractivity contribution in [3.8, 4) is 0 Å². The van der Waals surface area contributed by atoms with Crippen LogP contribution in [0, 0.1) is 5.41 Å². The summed E-state index contributed by atoms with van der Waals surface area (Å²) in [6, 6.07) is 7.75. The number of nitrogens with one attached hydrogen (secondary N) is 1. The van der Waals surface area contributed by atoms with Crippen molar-refractivity contribution in [2.24, 2.45) is 5.73 Å². The molecule has 178 valence electrons. The predicted octanol–water partition coefficient (Wildman–Crippen LogP) is 2.81. The van der Waals surface area contributed by atoms with Crippen LogP contribution in [0.4, 0.5) is 0 Å². The summed E-state index contributed by atoms with van der Waals surface area (Å²) in [5, 5.41) is 18.4. The predicted molar refractivity (Wildman–Crippen MR) is 129 cm³/mol. The first-order valence-corrected chi connectivity index (χ1v) is 12.1. The molecule has 0 bridgehead atoms. The van der Waals surface area contributed by atoms with E-state index >= 15 is 0 Å². The minimum Gasteiger partial charge on any atom is -0.480 e. The third kappa shape index (κ3) is 4.90. The van der Waals surface area contributed by atoms with Crippen molar-refractivity contribution in [1.29, 1.82) is 5.41 Å². The number of hydrogen-bond donors (Lipinski definition) is 3. The van der Waals surface area contributed by atoms with E-state index < -0.39 is 12.0 Å². The average Bonchev–Trinajstić information content (AvgIpc) is 3.41. The van der Waals surface area contributed by atoms with Gasteiger partial charge in [0.1, 0.15) is 11.9 Å². The Morgan fingerprint density at radius 3 is 2.70 bits per heavy atom. The Kier molecular flexibility index (Phi) is 7.02. The molecule has 1 aromatic carbocycles. The van der Waals surface area contributed by atoms with Gasteiger partial charge in [0.25, 0.3) is 0 Å². The zero-order chi connectivity index (χ0) is 23.5. The normalized spacial score (nSPS) is 21.5. The van der Waals surface area contributed by atoms with Gasteiger partial charge in [0.15, 0.2) is 0 Å². The highest BCUT2D eigenvalue weighted by Gasteiger charge is 2.34. The summed E-state index contributed by atoms with van der Waals surface area (Å²) in [6.45, 7) is 4.59. The number of hydrogen-bond acceptors (Lipinski definition) is 4. The molecule has 2 aliphatic heterocycles. The number of likely N-dealkylation sites (tertiary alicyclic amines) is 2. The number of carbonyl (C=O) groups is 2. The maximum atomic E-state index is 13.1. The smallest absolute Gasteiger partial charge is 0.320 e. The highest BCUT2D eigenvalue weighted by molar-refractivity contribution is 5.98. The van der Waals surface area contributed by atoms with E-state index in [2.05, 4.69) is 17.6 Å². The van der Waals surface area contributed by atoms with Gasteiger partial charge < -0.3 is 20.3 Å². The van der Waals surface area contributed by atoms with Crippen molar-refractivity contribution in [1.82, 2.24) is 14.4 Å². The van der Waals surface area contributed by atoms with Crippen molar-refractivity contribution in [2.45, 2.75) is 70.5 Å². The minimum absolute atomic E-state index is 0.0628. The van der Waals surface area contributed by atoms with Crippen LogP contribution >= 0.6 is 0 Å². The second-order valence-corrected chi connectivity index (χ2v) is 9.31. The van der Waals surface area contributed by atoms with Crippen molar-refractivity contribution in [3.05, 3.63) is 35.5 Å². The fourth-order valence-electron chi connectivity index (χ4n) is 5.56. The lowest BCUT2D eigenvalue weighted by Crippen LogP contribution is -2.50. The Bertz CT molecular complexity index is 1050. The molecular formula is C25H35N5O3. The lowest BCUT2D eigenvalue weighted by molar-refractivity contribution is -0.146. The fourth-order valence-corrected chi connectivity index (χ4v) is 5.56. The van der Waals surface area contributed by atoms with Crippen LogP contribution in [-0.4, -0.2) is 68.9 Å². The Balaban J connectivity index is 1.43. The standard InChI is InChI=1S/C25H35N5O3/c1-2-29-20(14-17-8-9-18(24(26)27)15-22(17)29)11-10-19-6-5-13-30(19)23(31)16-28-12-4-3-7-21(28)25(32)33/h8-9,14-15,19,21H,2-7,10-13,16H2,1H3,(H3,26,27)(H,32,33). The van der Waals surface area contributed by atoms with E-state index in [-0.39, 0.29) is 24.3 Å². The molecule has 2 atom stereocenters. The second kappa shape index (κ2) is 9.95. The molecule has 0 radical (unpaired) electrons. The number of nitrogens with two attached hydrogens (primary N) is 1. The molecule has 2 saturated heterocycles. The maximum Gasteiger partial charge on any atom is 0.320 e. The molecule has 1 amide bonds. The summed E-state index contributed by atoms with van der Waals surface area (Å²) in [7, 11) is 0. The zero-order valence-electron chi connectivity index (χ0n) is 19.4. The molecule has 4 N–H and O–H groups in total. The van der Waals surface area contributed by atoms with Crippen LogP contribution < -0.4 is 5.73 Å². The molecule has 4 rings (SSSR count). The van der Waals surface area contributed by atoms with Crippen LogP contribution in [0.5, 0.6) is 0 Å². The molecule has 2 aliphatic rings. The minimum atomic E-state index is -0.819. The van der Waals surface area contributed by atoms with Crippen molar-refractivity contribution in [2.75, 3.05) is 19.6 Å². The van der Waals surface area contributed by atoms with Crippen molar-refractivity contribution in [3.63, 3.8) is 0 Å². The van der Waals surface area contributed by atoms with Gasteiger partial charge in [-0.15, -0.1) is 0 Å². The Morgan fingerprint density at radius 2 is 1.97 bits per heavy atom. The van der Waals surface area contributed by atoms with Gasteiger partial charge in [0.05, 0.1) is 6.54 Å². The summed E-state index contributed by atoms with van der Waals surface area (Å²) in [5.41, 5.74) is 8.73. The number of aryl methyl sites for hydroxylation is 2. The van der Waals surface area contributed by atoms with Gasteiger partial charge in [0, 0.05) is 35.9 Å². The van der Waals surface area contributed by atoms with Crippen LogP contribution in [0.2, 0.25) is 0 Å². The van der Waals surface area contributed by atoms with Gasteiger partial charge in [0.2, 0.25) is 5.91 Å². The summed E-state index contributed by atoms with van der Waals surface area (Å²) >= 11 is 0. The van der Waals surface area contributed by atoms with Crippen LogP contribution in [0.15, 0.2) is 24.3 Å². The number of aromatic nitrogens is 1. The van der Waals surface area contributed by atoms with Gasteiger partial charge >= 0.3 is 5.97 Å². The monoisotopic (exact) mass is 453 g/mol. The van der Waals surface area contributed by atoms with Crippen LogP contribution in [-0.2, 0) is 22.6 Å². The summed E-state index contributed by atoms with van der Waals surface area (Å²) in [4.78, 5) is 28.6. The molecule has 0 aliphatic carbocycles. The highest BCUT2D eigenvalue weighted by Crippen LogP contribution is 2.27. The molecule has 3 heterocycles. The number of amides is 1. The molecule has 2 unspecified atom stereocenters. The van der Waals surface area contributed by atoms with Gasteiger partial charge in [-0.1, -0.05) is 18.6 Å². The van der Waals surface area contributed by atoms with Crippen LogP contribution in [0.3, 0.4) is 0 Å². The maximum absolute atomic E-state index is 13.1. The van der Waals surface area contributed by atoms with E-state index in [1.54, 1.807) is 0 Å². The Morgan fingerprint density at radius 1 is 1.15 bits per heavy atom. The average molecular weight is 454 g/mol. The number of carbonyl (C=O) groups excluding carboxylic acids is 1. The van der Waals surface area contributed by atoms with E-state index in [9.17, 15) is 14.7 Å². The molecule has 0 saturated carbocycles. The van der Waals surface area contributed by atoms with E-state index in [0.29, 0.717) is 13.0 Å². The van der Waals surface area contributed by atoms with Crippen molar-refractivity contribution < 1.29 is 14.7 Å². The third-order valence-corrected chi connectivity index (χ3v) is 7.29. The van der Waals surface area contributed by atoms with Crippen LogP contribution in [0.1, 0.15) is 56.7 Å². The topological polar surface area (TPSA) is 116 Å². The van der Waals surface area contributed by atoms with Gasteiger partial charge in [-0.3, -0.25) is 19.9 Å². The molecule has 1 aromatic heterocycles. The van der Waals surface area contributed by atoms with E-state index in [4.69, 9.17) is 11.1 Å². The molecule has 8 nitrogen and oxygen atoms in total. The zero-order valence-corrected chi connectivity index (χ0v) is 19.4. The Labute approximate surface area is 194 Å². The quantitative estimate of drug-likeness (QED) is 0.420. The molecule has 2 aromatic rings. The first-order valence-electron chi connectivity index (χ1n) is 12.1. The number of amidine groups is 1. The lowest BCUT2D eigenvalue weighted by Gasteiger charge is -2.34. The summed E-state index contributed by atoms with van der Waals surface area (Å²) < 4.78 is 2.27. The first kappa shape index (κ1) is 23.3. The lowest BCUT2D eigenvalue weighted by atomic mass is 10.0. The SMILES string of the molecule is CCn1c(CCC2CCCN2C(=O)CN2CCCCC2C(=O)O)cc2ccc(C(=N)N)cc21. The molecule has 0 spiro atoms. The van der Waals surface area contributed by atoms with E-state index in [1.165, 1.54) is 5.69 Å². The molecule has 33 heavy (non-hydrogen) atoms. The molecule has 8 heteroatoms.